The molecule has 2 heterocycles. The molecule has 0 aliphatic rings. The first-order valence-electron chi connectivity index (χ1n) is 7.27. The van der Waals surface area contributed by atoms with Gasteiger partial charge in [0, 0.05) is 0 Å². The fourth-order valence-corrected chi connectivity index (χ4v) is 3.07. The standard InChI is InChI=1S/C17H13N3O3S/c1-21-11-6-8-12(9-7-11)22-10-15-19-20-16(23-15)17-18-13-4-2-3-5-14(13)24-17/h2-9H,10H2,1H3. The highest BCUT2D eigenvalue weighted by Gasteiger charge is 2.13. The molecule has 0 saturated heterocycles. The molecule has 0 N–H and O–H groups in total. The summed E-state index contributed by atoms with van der Waals surface area (Å²) in [6.07, 6.45) is 0. The lowest BCUT2D eigenvalue weighted by Crippen LogP contribution is -1.95. The largest absolute Gasteiger partial charge is 0.497 e. The molecular formula is C17H13N3O3S. The molecule has 2 aromatic heterocycles. The molecule has 0 aliphatic heterocycles. The number of nitrogens with zero attached hydrogens (tertiary/aromatic N) is 3. The molecule has 2 aromatic carbocycles. The molecule has 0 radical (unpaired) electrons. The second-order valence-corrected chi connectivity index (χ2v) is 5.98. The number of aromatic nitrogens is 3. The van der Waals surface area contributed by atoms with E-state index in [4.69, 9.17) is 13.9 Å². The lowest BCUT2D eigenvalue weighted by atomic mass is 10.3. The molecular weight excluding hydrogens is 326 g/mol. The van der Waals surface area contributed by atoms with Gasteiger partial charge in [-0.25, -0.2) is 4.98 Å². The fraction of sp³-hybridized carbons (Fsp3) is 0.118. The highest BCUT2D eigenvalue weighted by Crippen LogP contribution is 2.29. The van der Waals surface area contributed by atoms with E-state index in [9.17, 15) is 0 Å². The van der Waals surface area contributed by atoms with Gasteiger partial charge < -0.3 is 13.9 Å². The number of ether oxygens (including phenoxy) is 2. The van der Waals surface area contributed by atoms with Gasteiger partial charge in [0.2, 0.25) is 0 Å². The van der Waals surface area contributed by atoms with Crippen LogP contribution in [0, 0.1) is 0 Å². The normalized spacial score (nSPS) is 10.9. The van der Waals surface area contributed by atoms with Gasteiger partial charge in [-0.1, -0.05) is 12.1 Å². The van der Waals surface area contributed by atoms with Crippen LogP contribution in [0.1, 0.15) is 5.89 Å². The highest BCUT2D eigenvalue weighted by molar-refractivity contribution is 7.21. The van der Waals surface area contributed by atoms with Crippen molar-refractivity contribution in [2.45, 2.75) is 6.61 Å². The molecule has 0 saturated carbocycles. The van der Waals surface area contributed by atoms with Crippen LogP contribution in [0.2, 0.25) is 0 Å². The summed E-state index contributed by atoms with van der Waals surface area (Å²) in [5.41, 5.74) is 0.923. The maximum absolute atomic E-state index is 5.64. The SMILES string of the molecule is COc1ccc(OCc2nnc(-c3nc4ccccc4s3)o2)cc1. The zero-order valence-electron chi connectivity index (χ0n) is 12.8. The summed E-state index contributed by atoms with van der Waals surface area (Å²) in [6.45, 7) is 0.199. The van der Waals surface area contributed by atoms with Crippen molar-refractivity contribution in [2.24, 2.45) is 0 Å². The van der Waals surface area contributed by atoms with E-state index in [1.165, 1.54) is 11.3 Å². The molecule has 0 atom stereocenters. The quantitative estimate of drug-likeness (QED) is 0.548. The number of hydrogen-bond donors (Lipinski definition) is 0. The summed E-state index contributed by atoms with van der Waals surface area (Å²) < 4.78 is 17.5. The predicted octanol–water partition coefficient (Wildman–Crippen LogP) is 3.93. The second kappa shape index (κ2) is 6.29. The Hall–Kier alpha value is -2.93. The number of benzene rings is 2. The molecule has 24 heavy (non-hydrogen) atoms. The van der Waals surface area contributed by atoms with Crippen LogP contribution in [-0.4, -0.2) is 22.3 Å². The summed E-state index contributed by atoms with van der Waals surface area (Å²) >= 11 is 1.52. The third-order valence-corrected chi connectivity index (χ3v) is 4.39. The lowest BCUT2D eigenvalue weighted by molar-refractivity contribution is 0.264. The second-order valence-electron chi connectivity index (χ2n) is 4.95. The number of hydrogen-bond acceptors (Lipinski definition) is 7. The van der Waals surface area contributed by atoms with Gasteiger partial charge >= 0.3 is 0 Å². The van der Waals surface area contributed by atoms with Crippen molar-refractivity contribution in [1.29, 1.82) is 0 Å². The van der Waals surface area contributed by atoms with Crippen molar-refractivity contribution >= 4 is 21.6 Å². The van der Waals surface area contributed by atoms with Crippen molar-refractivity contribution in [3.8, 4) is 22.4 Å². The van der Waals surface area contributed by atoms with Crippen molar-refractivity contribution in [2.75, 3.05) is 7.11 Å². The van der Waals surface area contributed by atoms with E-state index >= 15 is 0 Å². The molecule has 0 spiro atoms. The van der Waals surface area contributed by atoms with Crippen LogP contribution in [0.3, 0.4) is 0 Å². The Balaban J connectivity index is 1.47. The minimum absolute atomic E-state index is 0.199. The summed E-state index contributed by atoms with van der Waals surface area (Å²) in [4.78, 5) is 4.50. The first kappa shape index (κ1) is 14.6. The minimum Gasteiger partial charge on any atom is -0.497 e. The van der Waals surface area contributed by atoms with E-state index in [2.05, 4.69) is 15.2 Å². The third-order valence-electron chi connectivity index (χ3n) is 3.37. The maximum atomic E-state index is 5.64. The molecule has 0 fully saturated rings. The molecule has 0 amide bonds. The Bertz CT molecular complexity index is 930. The Kier molecular flexibility index (Phi) is 3.84. The Labute approximate surface area is 141 Å². The summed E-state index contributed by atoms with van der Waals surface area (Å²) in [5, 5.41) is 8.77. The molecule has 0 aliphatic carbocycles. The number of fused-ring (bicyclic) bond motifs is 1. The van der Waals surface area contributed by atoms with Crippen LogP contribution in [0.5, 0.6) is 11.5 Å². The van der Waals surface area contributed by atoms with E-state index in [0.29, 0.717) is 22.5 Å². The van der Waals surface area contributed by atoms with Crippen molar-refractivity contribution in [3.63, 3.8) is 0 Å². The highest BCUT2D eigenvalue weighted by atomic mass is 32.1. The van der Waals surface area contributed by atoms with Gasteiger partial charge in [0.05, 0.1) is 17.3 Å². The molecule has 4 rings (SSSR count). The summed E-state index contributed by atoms with van der Waals surface area (Å²) in [7, 11) is 1.62. The molecule has 4 aromatic rings. The fourth-order valence-electron chi connectivity index (χ4n) is 2.18. The monoisotopic (exact) mass is 339 g/mol. The topological polar surface area (TPSA) is 70.3 Å². The van der Waals surface area contributed by atoms with Gasteiger partial charge in [-0.15, -0.1) is 21.5 Å². The van der Waals surface area contributed by atoms with Crippen LogP contribution in [-0.2, 0) is 6.61 Å². The van der Waals surface area contributed by atoms with Crippen LogP contribution in [0.4, 0.5) is 0 Å². The molecule has 0 bridgehead atoms. The summed E-state index contributed by atoms with van der Waals surface area (Å²) in [6, 6.07) is 15.2. The first-order chi connectivity index (χ1) is 11.8. The average molecular weight is 339 g/mol. The third kappa shape index (κ3) is 2.93. The van der Waals surface area contributed by atoms with Gasteiger partial charge in [-0.2, -0.15) is 0 Å². The number of thiazole rings is 1. The smallest absolute Gasteiger partial charge is 0.276 e. The van der Waals surface area contributed by atoms with E-state index < -0.39 is 0 Å². The molecule has 0 unspecified atom stereocenters. The van der Waals surface area contributed by atoms with Crippen molar-refractivity contribution in [1.82, 2.24) is 15.2 Å². The van der Waals surface area contributed by atoms with Gasteiger partial charge in [-0.3, -0.25) is 0 Å². The number of para-hydroxylation sites is 1. The molecule has 6 nitrogen and oxygen atoms in total. The van der Waals surface area contributed by atoms with Gasteiger partial charge in [0.1, 0.15) is 11.5 Å². The zero-order valence-corrected chi connectivity index (χ0v) is 13.6. The Morgan fingerprint density at radius 2 is 1.79 bits per heavy atom. The Morgan fingerprint density at radius 3 is 2.58 bits per heavy atom. The van der Waals surface area contributed by atoms with Crippen LogP contribution in [0.15, 0.2) is 52.9 Å². The molecule has 120 valence electrons. The van der Waals surface area contributed by atoms with Gasteiger partial charge in [0.25, 0.3) is 11.8 Å². The lowest BCUT2D eigenvalue weighted by Gasteiger charge is -2.04. The van der Waals surface area contributed by atoms with Crippen LogP contribution >= 0.6 is 11.3 Å². The number of methoxy groups -OCH3 is 1. The summed E-state index contributed by atoms with van der Waals surface area (Å²) in [5.74, 6) is 2.29. The van der Waals surface area contributed by atoms with E-state index in [-0.39, 0.29) is 6.61 Å². The van der Waals surface area contributed by atoms with Gasteiger partial charge in [0.15, 0.2) is 11.6 Å². The molecule has 7 heteroatoms. The Morgan fingerprint density at radius 1 is 1.00 bits per heavy atom. The first-order valence-corrected chi connectivity index (χ1v) is 8.08. The van der Waals surface area contributed by atoms with Crippen molar-refractivity contribution < 1.29 is 13.9 Å². The van der Waals surface area contributed by atoms with E-state index in [1.807, 2.05) is 48.5 Å². The van der Waals surface area contributed by atoms with Crippen LogP contribution < -0.4 is 9.47 Å². The van der Waals surface area contributed by atoms with E-state index in [1.54, 1.807) is 7.11 Å². The predicted molar refractivity (Wildman–Crippen MR) is 90.2 cm³/mol. The van der Waals surface area contributed by atoms with Crippen LogP contribution in [0.25, 0.3) is 21.1 Å². The van der Waals surface area contributed by atoms with Crippen molar-refractivity contribution in [3.05, 3.63) is 54.4 Å². The minimum atomic E-state index is 0.199. The zero-order chi connectivity index (χ0) is 16.4. The maximum Gasteiger partial charge on any atom is 0.276 e. The van der Waals surface area contributed by atoms with Gasteiger partial charge in [-0.05, 0) is 36.4 Å². The van der Waals surface area contributed by atoms with E-state index in [0.717, 1.165) is 16.0 Å². The number of rotatable bonds is 5. The average Bonchev–Trinajstić information content (AvgIpc) is 3.27.